The van der Waals surface area contributed by atoms with E-state index in [4.69, 9.17) is 0 Å². The molecule has 2 aromatic carbocycles. The highest BCUT2D eigenvalue weighted by atomic mass is 127. The van der Waals surface area contributed by atoms with E-state index in [0.717, 1.165) is 16.8 Å². The van der Waals surface area contributed by atoms with E-state index in [2.05, 4.69) is 15.6 Å². The number of aryl methyl sites for hydroxylation is 1. The van der Waals surface area contributed by atoms with E-state index in [1.807, 2.05) is 0 Å². The summed E-state index contributed by atoms with van der Waals surface area (Å²) in [5, 5.41) is 10.5. The first-order valence-corrected chi connectivity index (χ1v) is 8.30. The Morgan fingerprint density at radius 1 is 1.20 bits per heavy atom. The van der Waals surface area contributed by atoms with Gasteiger partial charge in [0.05, 0.1) is 15.5 Å². The van der Waals surface area contributed by atoms with Gasteiger partial charge >= 0.3 is 0 Å². The van der Waals surface area contributed by atoms with E-state index in [-0.39, 0.29) is 27.8 Å². The maximum Gasteiger partial charge on any atom is 0.277 e. The summed E-state index contributed by atoms with van der Waals surface area (Å²) in [6.07, 6.45) is -0.0951. The first-order chi connectivity index (χ1) is 12.0. The van der Waals surface area contributed by atoms with Crippen molar-refractivity contribution in [3.05, 3.63) is 62.0 Å². The number of hydrogen-bond acceptors (Lipinski definition) is 4. The first-order valence-electron chi connectivity index (χ1n) is 7.22. The van der Waals surface area contributed by atoms with Crippen molar-refractivity contribution < 1.29 is 13.6 Å². The SMILES string of the molecule is O=C(CCn1nnc2ccccc2c1=O)Nc1cc(F)c(I)c(F)c1. The third kappa shape index (κ3) is 3.81. The molecule has 25 heavy (non-hydrogen) atoms. The van der Waals surface area contributed by atoms with Gasteiger partial charge in [-0.2, -0.15) is 0 Å². The van der Waals surface area contributed by atoms with Gasteiger partial charge in [-0.05, 0) is 46.9 Å². The van der Waals surface area contributed by atoms with Crippen molar-refractivity contribution in [3.8, 4) is 0 Å². The van der Waals surface area contributed by atoms with Gasteiger partial charge in [-0.25, -0.2) is 13.5 Å². The molecule has 6 nitrogen and oxygen atoms in total. The van der Waals surface area contributed by atoms with Crippen molar-refractivity contribution in [1.29, 1.82) is 0 Å². The number of nitrogens with zero attached hydrogens (tertiary/aromatic N) is 3. The lowest BCUT2D eigenvalue weighted by Gasteiger charge is -2.08. The van der Waals surface area contributed by atoms with Crippen LogP contribution >= 0.6 is 22.6 Å². The number of aromatic nitrogens is 3. The lowest BCUT2D eigenvalue weighted by atomic mass is 10.2. The Labute approximate surface area is 154 Å². The number of hydrogen-bond donors (Lipinski definition) is 1. The van der Waals surface area contributed by atoms with Crippen molar-refractivity contribution in [2.75, 3.05) is 5.32 Å². The first kappa shape index (κ1) is 17.4. The highest BCUT2D eigenvalue weighted by Gasteiger charge is 2.11. The van der Waals surface area contributed by atoms with Gasteiger partial charge in [-0.3, -0.25) is 9.59 Å². The molecule has 3 rings (SSSR count). The Kier molecular flexibility index (Phi) is 5.02. The molecule has 0 fully saturated rings. The van der Waals surface area contributed by atoms with Gasteiger partial charge in [0.15, 0.2) is 0 Å². The molecule has 1 aromatic heterocycles. The summed E-state index contributed by atoms with van der Waals surface area (Å²) in [7, 11) is 0. The van der Waals surface area contributed by atoms with E-state index in [0.29, 0.717) is 10.9 Å². The smallest absolute Gasteiger partial charge is 0.277 e. The standard InChI is InChI=1S/C16H11F2IN4O2/c17-11-7-9(8-12(18)15(11)19)20-14(24)5-6-23-16(25)10-3-1-2-4-13(10)21-22-23/h1-4,7-8H,5-6H2,(H,20,24). The van der Waals surface area contributed by atoms with Gasteiger partial charge in [-0.15, -0.1) is 5.10 Å². The molecule has 0 aliphatic heterocycles. The molecular weight excluding hydrogens is 445 g/mol. The van der Waals surface area contributed by atoms with Gasteiger partial charge in [0, 0.05) is 12.1 Å². The van der Waals surface area contributed by atoms with Crippen LogP contribution in [-0.4, -0.2) is 20.9 Å². The number of fused-ring (bicyclic) bond motifs is 1. The Morgan fingerprint density at radius 3 is 2.60 bits per heavy atom. The van der Waals surface area contributed by atoms with E-state index in [1.165, 1.54) is 22.6 Å². The fourth-order valence-electron chi connectivity index (χ4n) is 2.23. The van der Waals surface area contributed by atoms with Gasteiger partial charge in [0.2, 0.25) is 5.91 Å². The Bertz CT molecular complexity index is 999. The molecule has 0 atom stereocenters. The number of anilines is 1. The van der Waals surface area contributed by atoms with Crippen LogP contribution in [0.25, 0.3) is 10.9 Å². The van der Waals surface area contributed by atoms with Crippen molar-refractivity contribution in [3.63, 3.8) is 0 Å². The van der Waals surface area contributed by atoms with E-state index in [9.17, 15) is 18.4 Å². The van der Waals surface area contributed by atoms with Crippen molar-refractivity contribution in [2.45, 2.75) is 13.0 Å². The summed E-state index contributed by atoms with van der Waals surface area (Å²) in [5.74, 6) is -2.01. The van der Waals surface area contributed by atoms with Crippen LogP contribution in [0.4, 0.5) is 14.5 Å². The van der Waals surface area contributed by atoms with Crippen LogP contribution in [0, 0.1) is 15.2 Å². The molecule has 1 N–H and O–H groups in total. The number of rotatable bonds is 4. The molecule has 0 saturated carbocycles. The van der Waals surface area contributed by atoms with E-state index >= 15 is 0 Å². The monoisotopic (exact) mass is 456 g/mol. The molecule has 0 aliphatic rings. The van der Waals surface area contributed by atoms with Crippen LogP contribution in [0.5, 0.6) is 0 Å². The topological polar surface area (TPSA) is 76.9 Å². The van der Waals surface area contributed by atoms with Crippen LogP contribution < -0.4 is 10.9 Å². The summed E-state index contributed by atoms with van der Waals surface area (Å²) in [4.78, 5) is 24.2. The van der Waals surface area contributed by atoms with Crippen molar-refractivity contribution in [1.82, 2.24) is 15.0 Å². The zero-order valence-corrected chi connectivity index (χ0v) is 14.8. The minimum Gasteiger partial charge on any atom is -0.326 e. The summed E-state index contributed by atoms with van der Waals surface area (Å²) in [6, 6.07) is 8.81. The molecule has 0 radical (unpaired) electrons. The van der Waals surface area contributed by atoms with Gasteiger partial charge in [0.25, 0.3) is 5.56 Å². The quantitative estimate of drug-likeness (QED) is 0.484. The normalized spacial score (nSPS) is 10.8. The second kappa shape index (κ2) is 7.21. The van der Waals surface area contributed by atoms with Crippen LogP contribution in [-0.2, 0) is 11.3 Å². The van der Waals surface area contributed by atoms with Gasteiger partial charge in [0.1, 0.15) is 17.2 Å². The Hall–Kier alpha value is -2.43. The summed E-state index contributed by atoms with van der Waals surface area (Å²) < 4.78 is 27.9. The predicted octanol–water partition coefficient (Wildman–Crippen LogP) is 2.70. The highest BCUT2D eigenvalue weighted by Crippen LogP contribution is 2.20. The third-order valence-corrected chi connectivity index (χ3v) is 4.48. The second-order valence-corrected chi connectivity index (χ2v) is 6.27. The molecule has 9 heteroatoms. The number of nitrogens with one attached hydrogen (secondary N) is 1. The average molecular weight is 456 g/mol. The Morgan fingerprint density at radius 2 is 1.88 bits per heavy atom. The number of halogens is 3. The van der Waals surface area contributed by atoms with Crippen LogP contribution in [0.1, 0.15) is 6.42 Å². The third-order valence-electron chi connectivity index (χ3n) is 3.45. The number of benzene rings is 2. The molecule has 1 heterocycles. The lowest BCUT2D eigenvalue weighted by Crippen LogP contribution is -2.26. The predicted molar refractivity (Wildman–Crippen MR) is 96.1 cm³/mol. The van der Waals surface area contributed by atoms with E-state index in [1.54, 1.807) is 24.3 Å². The molecule has 0 saturated heterocycles. The molecule has 0 bridgehead atoms. The fraction of sp³-hybridized carbons (Fsp3) is 0.125. The zero-order chi connectivity index (χ0) is 18.0. The average Bonchev–Trinajstić information content (AvgIpc) is 2.59. The van der Waals surface area contributed by atoms with Crippen molar-refractivity contribution in [2.24, 2.45) is 0 Å². The largest absolute Gasteiger partial charge is 0.326 e. The van der Waals surface area contributed by atoms with Crippen LogP contribution in [0.15, 0.2) is 41.2 Å². The van der Waals surface area contributed by atoms with E-state index < -0.39 is 17.5 Å². The highest BCUT2D eigenvalue weighted by molar-refractivity contribution is 14.1. The minimum atomic E-state index is -0.757. The van der Waals surface area contributed by atoms with Crippen LogP contribution in [0.3, 0.4) is 0 Å². The Balaban J connectivity index is 1.71. The van der Waals surface area contributed by atoms with Gasteiger partial charge < -0.3 is 5.32 Å². The fourth-order valence-corrected chi connectivity index (χ4v) is 2.54. The van der Waals surface area contributed by atoms with Crippen LogP contribution in [0.2, 0.25) is 0 Å². The summed E-state index contributed by atoms with van der Waals surface area (Å²) in [6.45, 7) is -0.00215. The zero-order valence-electron chi connectivity index (χ0n) is 12.7. The second-order valence-electron chi connectivity index (χ2n) is 5.19. The minimum absolute atomic E-state index is 0.00215. The molecule has 3 aromatic rings. The molecule has 1 amide bonds. The summed E-state index contributed by atoms with van der Waals surface area (Å²) in [5.41, 5.74) is 0.125. The van der Waals surface area contributed by atoms with Gasteiger partial charge in [-0.1, -0.05) is 17.3 Å². The lowest BCUT2D eigenvalue weighted by molar-refractivity contribution is -0.116. The molecular formula is C16H11F2IN4O2. The molecule has 0 unspecified atom stereocenters. The van der Waals surface area contributed by atoms with Crippen molar-refractivity contribution >= 4 is 45.1 Å². The number of carbonyl (C=O) groups excluding carboxylic acids is 1. The maximum atomic E-state index is 13.5. The number of carbonyl (C=O) groups is 1. The molecule has 0 spiro atoms. The number of amides is 1. The summed E-state index contributed by atoms with van der Waals surface area (Å²) >= 11 is 1.54. The molecule has 0 aliphatic carbocycles. The molecule has 128 valence electrons. The maximum absolute atomic E-state index is 13.5.